The van der Waals surface area contributed by atoms with Crippen LogP contribution in [-0.4, -0.2) is 12.8 Å². The minimum Gasteiger partial charge on any atom is -0.388 e. The summed E-state index contributed by atoms with van der Waals surface area (Å²) in [7, 11) is 1.88. The lowest BCUT2D eigenvalue weighted by molar-refractivity contribution is -0.118. The summed E-state index contributed by atoms with van der Waals surface area (Å²) >= 11 is 0. The van der Waals surface area contributed by atoms with E-state index in [1.54, 1.807) is 6.92 Å². The van der Waals surface area contributed by atoms with Crippen LogP contribution in [0.25, 0.3) is 0 Å². The predicted octanol–water partition coefficient (Wildman–Crippen LogP) is 2.42. The molecular formula is C11H15NO. The Morgan fingerprint density at radius 3 is 2.23 bits per heavy atom. The van der Waals surface area contributed by atoms with E-state index in [-0.39, 0.29) is 11.7 Å². The first kappa shape index (κ1) is 9.78. The molecule has 0 amide bonds. The number of nitrogens with one attached hydrogen (secondary N) is 1. The van der Waals surface area contributed by atoms with Crippen LogP contribution in [0.3, 0.4) is 0 Å². The number of ketones is 1. The molecule has 0 saturated carbocycles. The minimum absolute atomic E-state index is 0.00547. The van der Waals surface area contributed by atoms with Crippen molar-refractivity contribution in [3.05, 3.63) is 29.8 Å². The molecular weight excluding hydrogens is 162 g/mol. The van der Waals surface area contributed by atoms with Crippen LogP contribution < -0.4 is 5.32 Å². The molecule has 70 valence electrons. The zero-order chi connectivity index (χ0) is 9.84. The second-order valence-electron chi connectivity index (χ2n) is 3.20. The van der Waals surface area contributed by atoms with Gasteiger partial charge in [0.2, 0.25) is 0 Å². The van der Waals surface area contributed by atoms with E-state index in [0.29, 0.717) is 0 Å². The van der Waals surface area contributed by atoms with Gasteiger partial charge in [-0.3, -0.25) is 4.79 Å². The van der Waals surface area contributed by atoms with Crippen LogP contribution in [0.15, 0.2) is 24.3 Å². The van der Waals surface area contributed by atoms with Crippen molar-refractivity contribution in [3.63, 3.8) is 0 Å². The summed E-state index contributed by atoms with van der Waals surface area (Å²) in [5, 5.41) is 3.04. The van der Waals surface area contributed by atoms with Gasteiger partial charge in [0.05, 0.1) is 0 Å². The Morgan fingerprint density at radius 2 is 1.85 bits per heavy atom. The second kappa shape index (κ2) is 4.08. The number of benzene rings is 1. The van der Waals surface area contributed by atoms with Crippen LogP contribution in [0.4, 0.5) is 5.69 Å². The average Bonchev–Trinajstić information content (AvgIpc) is 2.17. The minimum atomic E-state index is 0.00547. The molecule has 13 heavy (non-hydrogen) atoms. The van der Waals surface area contributed by atoms with E-state index in [2.05, 4.69) is 5.32 Å². The van der Waals surface area contributed by atoms with Gasteiger partial charge in [-0.25, -0.2) is 0 Å². The van der Waals surface area contributed by atoms with E-state index in [1.807, 2.05) is 38.2 Å². The molecule has 0 heterocycles. The summed E-state index contributed by atoms with van der Waals surface area (Å²) in [5.74, 6) is 0.211. The number of anilines is 1. The maximum atomic E-state index is 11.1. The number of rotatable bonds is 3. The Kier molecular flexibility index (Phi) is 3.07. The molecule has 1 aromatic carbocycles. The zero-order valence-electron chi connectivity index (χ0n) is 8.29. The lowest BCUT2D eigenvalue weighted by Gasteiger charge is -2.08. The van der Waals surface area contributed by atoms with Crippen LogP contribution in [0.1, 0.15) is 25.3 Å². The van der Waals surface area contributed by atoms with Crippen molar-refractivity contribution in [2.75, 3.05) is 12.4 Å². The lowest BCUT2D eigenvalue weighted by Crippen LogP contribution is -2.03. The van der Waals surface area contributed by atoms with E-state index in [0.717, 1.165) is 11.3 Å². The quantitative estimate of drug-likeness (QED) is 0.768. The van der Waals surface area contributed by atoms with Gasteiger partial charge >= 0.3 is 0 Å². The standard InChI is InChI=1S/C11H15NO/c1-8(9(2)13)10-4-6-11(12-3)7-5-10/h4-8,12H,1-3H3. The highest BCUT2D eigenvalue weighted by molar-refractivity contribution is 5.82. The van der Waals surface area contributed by atoms with Crippen LogP contribution in [0.2, 0.25) is 0 Å². The summed E-state index contributed by atoms with van der Waals surface area (Å²) in [5.41, 5.74) is 2.14. The summed E-state index contributed by atoms with van der Waals surface area (Å²) in [6, 6.07) is 7.93. The van der Waals surface area contributed by atoms with Crippen LogP contribution in [0, 0.1) is 0 Å². The van der Waals surface area contributed by atoms with Crippen molar-refractivity contribution in [3.8, 4) is 0 Å². The molecule has 2 heteroatoms. The van der Waals surface area contributed by atoms with Gasteiger partial charge in [0, 0.05) is 18.7 Å². The molecule has 0 spiro atoms. The Bertz CT molecular complexity index is 289. The average molecular weight is 177 g/mol. The van der Waals surface area contributed by atoms with Crippen LogP contribution >= 0.6 is 0 Å². The number of carbonyl (C=O) groups excluding carboxylic acids is 1. The summed E-state index contributed by atoms with van der Waals surface area (Å²) in [4.78, 5) is 11.1. The molecule has 0 bridgehead atoms. The van der Waals surface area contributed by atoms with E-state index in [1.165, 1.54) is 0 Å². The fourth-order valence-corrected chi connectivity index (χ4v) is 1.17. The van der Waals surface area contributed by atoms with Gasteiger partial charge < -0.3 is 5.32 Å². The van der Waals surface area contributed by atoms with Gasteiger partial charge in [-0.05, 0) is 24.6 Å². The summed E-state index contributed by atoms with van der Waals surface area (Å²) in [6.07, 6.45) is 0. The van der Waals surface area contributed by atoms with E-state index in [9.17, 15) is 4.79 Å². The van der Waals surface area contributed by atoms with Gasteiger partial charge in [-0.2, -0.15) is 0 Å². The summed E-state index contributed by atoms with van der Waals surface area (Å²) in [6.45, 7) is 3.55. The Labute approximate surface area is 79.0 Å². The molecule has 0 aliphatic heterocycles. The molecule has 1 rings (SSSR count). The van der Waals surface area contributed by atoms with E-state index < -0.39 is 0 Å². The molecule has 1 unspecified atom stereocenters. The molecule has 0 aliphatic rings. The number of Topliss-reactive ketones (excluding diaryl/α,β-unsaturated/α-hetero) is 1. The second-order valence-corrected chi connectivity index (χ2v) is 3.20. The highest BCUT2D eigenvalue weighted by Gasteiger charge is 2.09. The first-order valence-electron chi connectivity index (χ1n) is 4.43. The van der Waals surface area contributed by atoms with Crippen LogP contribution in [-0.2, 0) is 4.79 Å². The first-order chi connectivity index (χ1) is 6.15. The van der Waals surface area contributed by atoms with Gasteiger partial charge in [-0.1, -0.05) is 19.1 Å². The molecule has 0 aromatic heterocycles. The Hall–Kier alpha value is -1.31. The third-order valence-electron chi connectivity index (χ3n) is 2.31. The molecule has 0 fully saturated rings. The molecule has 2 nitrogen and oxygen atoms in total. The van der Waals surface area contributed by atoms with E-state index >= 15 is 0 Å². The fourth-order valence-electron chi connectivity index (χ4n) is 1.17. The molecule has 0 saturated heterocycles. The van der Waals surface area contributed by atoms with Crippen molar-refractivity contribution >= 4 is 11.5 Å². The Balaban J connectivity index is 2.85. The summed E-state index contributed by atoms with van der Waals surface area (Å²) < 4.78 is 0. The van der Waals surface area contributed by atoms with Crippen molar-refractivity contribution in [2.45, 2.75) is 19.8 Å². The van der Waals surface area contributed by atoms with Crippen molar-refractivity contribution < 1.29 is 4.79 Å². The first-order valence-corrected chi connectivity index (χ1v) is 4.43. The third-order valence-corrected chi connectivity index (χ3v) is 2.31. The van der Waals surface area contributed by atoms with Crippen LogP contribution in [0.5, 0.6) is 0 Å². The smallest absolute Gasteiger partial charge is 0.136 e. The van der Waals surface area contributed by atoms with Crippen molar-refractivity contribution in [1.82, 2.24) is 0 Å². The fraction of sp³-hybridized carbons (Fsp3) is 0.364. The van der Waals surface area contributed by atoms with Gasteiger partial charge in [-0.15, -0.1) is 0 Å². The van der Waals surface area contributed by atoms with E-state index in [4.69, 9.17) is 0 Å². The normalized spacial score (nSPS) is 12.2. The van der Waals surface area contributed by atoms with Gasteiger partial charge in [0.25, 0.3) is 0 Å². The zero-order valence-corrected chi connectivity index (χ0v) is 8.29. The highest BCUT2D eigenvalue weighted by Crippen LogP contribution is 2.18. The van der Waals surface area contributed by atoms with Gasteiger partial charge in [0.1, 0.15) is 5.78 Å². The number of hydrogen-bond donors (Lipinski definition) is 1. The maximum absolute atomic E-state index is 11.1. The monoisotopic (exact) mass is 177 g/mol. The SMILES string of the molecule is CNc1ccc(C(C)C(C)=O)cc1. The van der Waals surface area contributed by atoms with Crippen molar-refractivity contribution in [2.24, 2.45) is 0 Å². The largest absolute Gasteiger partial charge is 0.388 e. The molecule has 1 N–H and O–H groups in total. The topological polar surface area (TPSA) is 29.1 Å². The molecule has 1 aromatic rings. The van der Waals surface area contributed by atoms with Gasteiger partial charge in [0.15, 0.2) is 0 Å². The number of hydrogen-bond acceptors (Lipinski definition) is 2. The predicted molar refractivity (Wildman–Crippen MR) is 55.1 cm³/mol. The number of carbonyl (C=O) groups is 1. The van der Waals surface area contributed by atoms with Crippen molar-refractivity contribution in [1.29, 1.82) is 0 Å². The molecule has 0 radical (unpaired) electrons. The molecule has 1 atom stereocenters. The third kappa shape index (κ3) is 2.31. The Morgan fingerprint density at radius 1 is 1.31 bits per heavy atom. The lowest BCUT2D eigenvalue weighted by atomic mass is 9.97. The maximum Gasteiger partial charge on any atom is 0.136 e. The highest BCUT2D eigenvalue weighted by atomic mass is 16.1. The molecule has 0 aliphatic carbocycles.